The molecule has 0 spiro atoms. The van der Waals surface area contributed by atoms with E-state index >= 15 is 0 Å². The number of furan rings is 1. The summed E-state index contributed by atoms with van der Waals surface area (Å²) in [7, 11) is 0. The lowest BCUT2D eigenvalue weighted by atomic mass is 10.00. The number of thiophene rings is 1. The van der Waals surface area contributed by atoms with Crippen molar-refractivity contribution in [2.24, 2.45) is 0 Å². The number of halogens is 2. The van der Waals surface area contributed by atoms with Crippen molar-refractivity contribution >= 4 is 49.9 Å². The van der Waals surface area contributed by atoms with Gasteiger partial charge in [-0.3, -0.25) is 0 Å². The standard InChI is InChI=1S/C16H20BrIOS/c1-3-5-7-11-12(8-6-4-2)16(18)20-15(11)13-9-10-14(17)19-13/h9-10H,3-8H2,1-2H3. The smallest absolute Gasteiger partial charge is 0.169 e. The number of hydrogen-bond acceptors (Lipinski definition) is 2. The van der Waals surface area contributed by atoms with Crippen molar-refractivity contribution in [1.29, 1.82) is 0 Å². The summed E-state index contributed by atoms with van der Waals surface area (Å²) in [4.78, 5) is 1.33. The van der Waals surface area contributed by atoms with E-state index in [9.17, 15) is 0 Å². The zero-order chi connectivity index (χ0) is 14.5. The van der Waals surface area contributed by atoms with Crippen LogP contribution in [0.4, 0.5) is 0 Å². The highest BCUT2D eigenvalue weighted by atomic mass is 127. The Morgan fingerprint density at radius 2 is 1.75 bits per heavy atom. The molecule has 20 heavy (non-hydrogen) atoms. The molecule has 2 heterocycles. The highest BCUT2D eigenvalue weighted by Gasteiger charge is 2.19. The predicted octanol–water partition coefficient (Wildman–Crippen LogP) is 7.06. The second kappa shape index (κ2) is 7.99. The van der Waals surface area contributed by atoms with Crippen LogP contribution in [0.5, 0.6) is 0 Å². The second-order valence-corrected chi connectivity index (χ2v) is 8.59. The van der Waals surface area contributed by atoms with Gasteiger partial charge in [-0.25, -0.2) is 0 Å². The lowest BCUT2D eigenvalue weighted by molar-refractivity contribution is 0.556. The van der Waals surface area contributed by atoms with Crippen LogP contribution in [0.25, 0.3) is 10.6 Å². The van der Waals surface area contributed by atoms with Crippen LogP contribution in [0.1, 0.15) is 50.7 Å². The molecule has 1 nitrogen and oxygen atoms in total. The molecule has 0 saturated heterocycles. The van der Waals surface area contributed by atoms with Crippen LogP contribution in [0, 0.1) is 2.88 Å². The van der Waals surface area contributed by atoms with Crippen molar-refractivity contribution in [3.8, 4) is 10.6 Å². The van der Waals surface area contributed by atoms with E-state index in [0.29, 0.717) is 0 Å². The molecular weight excluding hydrogens is 447 g/mol. The summed E-state index contributed by atoms with van der Waals surface area (Å²) >= 11 is 7.79. The Morgan fingerprint density at radius 1 is 1.10 bits per heavy atom. The average Bonchev–Trinajstić information content (AvgIpc) is 2.98. The van der Waals surface area contributed by atoms with E-state index in [1.54, 1.807) is 5.56 Å². The third kappa shape index (κ3) is 3.89. The minimum absolute atomic E-state index is 0.812. The molecule has 4 heteroatoms. The lowest BCUT2D eigenvalue weighted by Gasteiger charge is -2.06. The maximum absolute atomic E-state index is 5.79. The second-order valence-electron chi connectivity index (χ2n) is 4.97. The highest BCUT2D eigenvalue weighted by molar-refractivity contribution is 14.1. The lowest BCUT2D eigenvalue weighted by Crippen LogP contribution is -1.94. The molecule has 0 aliphatic rings. The molecule has 0 unspecified atom stereocenters. The van der Waals surface area contributed by atoms with E-state index in [-0.39, 0.29) is 0 Å². The van der Waals surface area contributed by atoms with Gasteiger partial charge in [0, 0.05) is 0 Å². The maximum Gasteiger partial charge on any atom is 0.169 e. The number of unbranched alkanes of at least 4 members (excludes halogenated alkanes) is 2. The molecule has 0 radical (unpaired) electrons. The Bertz CT molecular complexity index is 559. The normalized spacial score (nSPS) is 11.2. The monoisotopic (exact) mass is 466 g/mol. The van der Waals surface area contributed by atoms with Gasteiger partial charge in [0.25, 0.3) is 0 Å². The van der Waals surface area contributed by atoms with Crippen molar-refractivity contribution in [3.05, 3.63) is 30.8 Å². The molecule has 0 N–H and O–H groups in total. The Balaban J connectivity index is 2.39. The van der Waals surface area contributed by atoms with Crippen molar-refractivity contribution in [1.82, 2.24) is 0 Å². The van der Waals surface area contributed by atoms with Gasteiger partial charge in [-0.15, -0.1) is 11.3 Å². The molecule has 2 aromatic heterocycles. The average molecular weight is 467 g/mol. The molecule has 0 aromatic carbocycles. The number of rotatable bonds is 7. The first-order valence-corrected chi connectivity index (χ1v) is 9.91. The first-order chi connectivity index (χ1) is 9.67. The van der Waals surface area contributed by atoms with Gasteiger partial charge < -0.3 is 4.42 Å². The van der Waals surface area contributed by atoms with Gasteiger partial charge in [0.05, 0.1) is 7.76 Å². The van der Waals surface area contributed by atoms with Gasteiger partial charge in [-0.2, -0.15) is 0 Å². The third-order valence-corrected chi connectivity index (χ3v) is 6.24. The molecule has 0 saturated carbocycles. The minimum Gasteiger partial charge on any atom is -0.449 e. The first kappa shape index (κ1) is 16.6. The molecule has 0 aliphatic heterocycles. The van der Waals surface area contributed by atoms with Crippen LogP contribution < -0.4 is 0 Å². The Labute approximate surface area is 147 Å². The summed E-state index contributed by atoms with van der Waals surface area (Å²) in [5.41, 5.74) is 3.09. The van der Waals surface area contributed by atoms with E-state index in [2.05, 4.69) is 58.4 Å². The van der Waals surface area contributed by atoms with Crippen LogP contribution in [-0.2, 0) is 12.8 Å². The van der Waals surface area contributed by atoms with Crippen LogP contribution in [0.15, 0.2) is 21.2 Å². The van der Waals surface area contributed by atoms with E-state index in [0.717, 1.165) is 10.4 Å². The van der Waals surface area contributed by atoms with Crippen LogP contribution in [-0.4, -0.2) is 0 Å². The van der Waals surface area contributed by atoms with E-state index in [4.69, 9.17) is 4.42 Å². The summed E-state index contributed by atoms with van der Waals surface area (Å²) < 4.78 is 8.03. The fourth-order valence-corrected chi connectivity index (χ4v) is 4.97. The fourth-order valence-electron chi connectivity index (χ4n) is 2.32. The Hall–Kier alpha value is 0.190. The predicted molar refractivity (Wildman–Crippen MR) is 99.7 cm³/mol. The number of hydrogen-bond donors (Lipinski definition) is 0. The molecule has 2 rings (SSSR count). The molecule has 0 bridgehead atoms. The topological polar surface area (TPSA) is 13.1 Å². The molecule has 2 aromatic rings. The molecule has 0 aliphatic carbocycles. The van der Waals surface area contributed by atoms with Crippen molar-refractivity contribution in [2.45, 2.75) is 52.4 Å². The SMILES string of the molecule is CCCCc1c(I)sc(-c2ccc(Br)o2)c1CCCC. The van der Waals surface area contributed by atoms with E-state index < -0.39 is 0 Å². The molecule has 110 valence electrons. The zero-order valence-corrected chi connectivity index (χ0v) is 16.5. The van der Waals surface area contributed by atoms with Gasteiger partial charge in [-0.1, -0.05) is 26.7 Å². The van der Waals surface area contributed by atoms with Gasteiger partial charge in [0.1, 0.15) is 5.76 Å². The molecule has 0 atom stereocenters. The summed E-state index contributed by atoms with van der Waals surface area (Å²) in [6.07, 6.45) is 7.38. The Kier molecular flexibility index (Phi) is 6.62. The van der Waals surface area contributed by atoms with Gasteiger partial charge >= 0.3 is 0 Å². The third-order valence-electron chi connectivity index (χ3n) is 3.42. The van der Waals surface area contributed by atoms with Crippen LogP contribution >= 0.6 is 49.9 Å². The van der Waals surface area contributed by atoms with Gasteiger partial charge in [0.15, 0.2) is 4.67 Å². The van der Waals surface area contributed by atoms with Gasteiger partial charge in [-0.05, 0) is 87.5 Å². The molecule has 0 amide bonds. The summed E-state index contributed by atoms with van der Waals surface area (Å²) in [5, 5.41) is 0. The molecule has 0 fully saturated rings. The Morgan fingerprint density at radius 3 is 2.30 bits per heavy atom. The van der Waals surface area contributed by atoms with Crippen LogP contribution in [0.2, 0.25) is 0 Å². The fraction of sp³-hybridized carbons (Fsp3) is 0.500. The minimum atomic E-state index is 0.812. The summed E-state index contributed by atoms with van der Waals surface area (Å²) in [5.74, 6) is 1.01. The van der Waals surface area contributed by atoms with E-state index in [1.807, 2.05) is 17.4 Å². The van der Waals surface area contributed by atoms with E-state index in [1.165, 1.54) is 51.8 Å². The van der Waals surface area contributed by atoms with Crippen molar-refractivity contribution in [2.75, 3.05) is 0 Å². The maximum atomic E-state index is 5.79. The van der Waals surface area contributed by atoms with Crippen molar-refractivity contribution in [3.63, 3.8) is 0 Å². The van der Waals surface area contributed by atoms with Crippen LogP contribution in [0.3, 0.4) is 0 Å². The highest BCUT2D eigenvalue weighted by Crippen LogP contribution is 2.40. The zero-order valence-electron chi connectivity index (χ0n) is 12.0. The molecular formula is C16H20BrIOS. The summed E-state index contributed by atoms with van der Waals surface area (Å²) in [6, 6.07) is 4.06. The first-order valence-electron chi connectivity index (χ1n) is 7.23. The quantitative estimate of drug-likeness (QED) is 0.398. The van der Waals surface area contributed by atoms with Crippen molar-refractivity contribution < 1.29 is 4.42 Å². The van der Waals surface area contributed by atoms with Gasteiger partial charge in [0.2, 0.25) is 0 Å². The largest absolute Gasteiger partial charge is 0.449 e. The summed E-state index contributed by atoms with van der Waals surface area (Å²) in [6.45, 7) is 4.52.